The van der Waals surface area contributed by atoms with Gasteiger partial charge in [0.25, 0.3) is 0 Å². The lowest BCUT2D eigenvalue weighted by molar-refractivity contribution is -0.130. The molecule has 1 saturated heterocycles. The van der Waals surface area contributed by atoms with Crippen LogP contribution < -0.4 is 15.6 Å². The van der Waals surface area contributed by atoms with Crippen LogP contribution in [0.4, 0.5) is 0 Å². The molecule has 1 aromatic heterocycles. The Balaban J connectivity index is 1.24. The van der Waals surface area contributed by atoms with E-state index in [-0.39, 0.29) is 5.91 Å². The number of hydrogen-bond donors (Lipinski definition) is 2. The van der Waals surface area contributed by atoms with Crippen LogP contribution in [0.5, 0.6) is 5.75 Å². The Hall–Kier alpha value is -2.83. The Morgan fingerprint density at radius 2 is 2.00 bits per heavy atom. The highest BCUT2D eigenvalue weighted by atomic mass is 16.5. The standard InChI is InChI=1S/C24H30N4O2/c1-27(13-6-9-20-16-22(26-25-20)18-7-4-3-5-8-18)24(29)17-28-14-12-19-15-21(30-2)10-11-23(19)28/h3-5,7-8,10-12,14-15,20,22,25-26H,6,9,13,16-17H2,1-2H3. The van der Waals surface area contributed by atoms with E-state index in [9.17, 15) is 4.79 Å². The summed E-state index contributed by atoms with van der Waals surface area (Å²) in [7, 11) is 3.56. The molecule has 6 nitrogen and oxygen atoms in total. The van der Waals surface area contributed by atoms with Crippen molar-refractivity contribution in [3.05, 3.63) is 66.4 Å². The molecule has 158 valence electrons. The van der Waals surface area contributed by atoms with E-state index in [1.54, 1.807) is 7.11 Å². The van der Waals surface area contributed by atoms with Gasteiger partial charge in [-0.15, -0.1) is 0 Å². The van der Waals surface area contributed by atoms with E-state index in [2.05, 4.69) is 35.1 Å². The first-order valence-corrected chi connectivity index (χ1v) is 10.6. The second-order valence-electron chi connectivity index (χ2n) is 8.01. The van der Waals surface area contributed by atoms with Gasteiger partial charge < -0.3 is 14.2 Å². The highest BCUT2D eigenvalue weighted by Crippen LogP contribution is 2.24. The van der Waals surface area contributed by atoms with Gasteiger partial charge in [-0.3, -0.25) is 15.6 Å². The van der Waals surface area contributed by atoms with Crippen molar-refractivity contribution >= 4 is 16.8 Å². The second kappa shape index (κ2) is 9.32. The molecule has 2 atom stereocenters. The lowest BCUT2D eigenvalue weighted by Crippen LogP contribution is -2.33. The number of nitrogens with zero attached hydrogens (tertiary/aromatic N) is 2. The molecular formula is C24H30N4O2. The maximum absolute atomic E-state index is 12.7. The average Bonchev–Trinajstić information content (AvgIpc) is 3.41. The lowest BCUT2D eigenvalue weighted by Gasteiger charge is -2.19. The van der Waals surface area contributed by atoms with Crippen LogP contribution in [0.15, 0.2) is 60.8 Å². The maximum atomic E-state index is 12.7. The van der Waals surface area contributed by atoms with Crippen molar-refractivity contribution in [3.8, 4) is 5.75 Å². The number of amides is 1. The molecule has 0 bridgehead atoms. The SMILES string of the molecule is COc1ccc2c(ccn2CC(=O)N(C)CCCC2CC(c3ccccc3)NN2)c1. The van der Waals surface area contributed by atoms with Gasteiger partial charge in [-0.2, -0.15) is 0 Å². The molecule has 2 N–H and O–H groups in total. The van der Waals surface area contributed by atoms with Crippen LogP contribution in [0.2, 0.25) is 0 Å². The molecule has 6 heteroatoms. The predicted molar refractivity (Wildman–Crippen MR) is 119 cm³/mol. The molecule has 1 aliphatic rings. The van der Waals surface area contributed by atoms with Crippen LogP contribution in [0, 0.1) is 0 Å². The molecule has 1 fully saturated rings. The minimum absolute atomic E-state index is 0.128. The van der Waals surface area contributed by atoms with E-state index in [1.165, 1.54) is 5.56 Å². The number of aromatic nitrogens is 1. The molecule has 4 rings (SSSR count). The zero-order valence-electron chi connectivity index (χ0n) is 17.7. The van der Waals surface area contributed by atoms with Crippen LogP contribution in [0.3, 0.4) is 0 Å². The summed E-state index contributed by atoms with van der Waals surface area (Å²) in [5.74, 6) is 0.955. The molecule has 30 heavy (non-hydrogen) atoms. The normalized spacial score (nSPS) is 18.6. The Labute approximate surface area is 177 Å². The van der Waals surface area contributed by atoms with E-state index < -0.39 is 0 Å². The Bertz CT molecular complexity index is 985. The van der Waals surface area contributed by atoms with Gasteiger partial charge in [-0.25, -0.2) is 0 Å². The zero-order chi connectivity index (χ0) is 20.9. The van der Waals surface area contributed by atoms with E-state index in [4.69, 9.17) is 4.74 Å². The van der Waals surface area contributed by atoms with Crippen LogP contribution >= 0.6 is 0 Å². The van der Waals surface area contributed by atoms with E-state index in [1.807, 2.05) is 53.0 Å². The number of nitrogens with one attached hydrogen (secondary N) is 2. The number of carbonyl (C=O) groups is 1. The Morgan fingerprint density at radius 1 is 1.17 bits per heavy atom. The van der Waals surface area contributed by atoms with Crippen molar-refractivity contribution in [2.45, 2.75) is 37.9 Å². The molecule has 2 heterocycles. The largest absolute Gasteiger partial charge is 0.497 e. The maximum Gasteiger partial charge on any atom is 0.242 e. The summed E-state index contributed by atoms with van der Waals surface area (Å²) < 4.78 is 7.28. The fraction of sp³-hybridized carbons (Fsp3) is 0.375. The third-order valence-corrected chi connectivity index (χ3v) is 5.94. The van der Waals surface area contributed by atoms with Gasteiger partial charge in [0.05, 0.1) is 7.11 Å². The van der Waals surface area contributed by atoms with Gasteiger partial charge in [-0.1, -0.05) is 30.3 Å². The van der Waals surface area contributed by atoms with Crippen molar-refractivity contribution in [2.75, 3.05) is 20.7 Å². The molecule has 0 spiro atoms. The van der Waals surface area contributed by atoms with Gasteiger partial charge in [0, 0.05) is 42.8 Å². The summed E-state index contributed by atoms with van der Waals surface area (Å²) in [4.78, 5) is 14.5. The average molecular weight is 407 g/mol. The number of likely N-dealkylation sites (N-methyl/N-ethyl adjacent to an activating group) is 1. The lowest BCUT2D eigenvalue weighted by atomic mass is 10.00. The van der Waals surface area contributed by atoms with Gasteiger partial charge in [0.2, 0.25) is 5.91 Å². The zero-order valence-corrected chi connectivity index (χ0v) is 17.7. The number of hydrazine groups is 1. The molecule has 1 amide bonds. The molecule has 0 radical (unpaired) electrons. The minimum atomic E-state index is 0.128. The number of rotatable bonds is 8. The van der Waals surface area contributed by atoms with E-state index >= 15 is 0 Å². The molecule has 2 aromatic carbocycles. The summed E-state index contributed by atoms with van der Waals surface area (Å²) >= 11 is 0. The van der Waals surface area contributed by atoms with Crippen LogP contribution in [0.25, 0.3) is 10.9 Å². The van der Waals surface area contributed by atoms with Crippen LogP contribution in [-0.2, 0) is 11.3 Å². The van der Waals surface area contributed by atoms with Crippen molar-refractivity contribution < 1.29 is 9.53 Å². The highest BCUT2D eigenvalue weighted by molar-refractivity contribution is 5.84. The second-order valence-corrected chi connectivity index (χ2v) is 8.01. The first-order valence-electron chi connectivity index (χ1n) is 10.6. The monoisotopic (exact) mass is 406 g/mol. The highest BCUT2D eigenvalue weighted by Gasteiger charge is 2.24. The molecule has 0 aliphatic carbocycles. The summed E-state index contributed by atoms with van der Waals surface area (Å²) in [6.45, 7) is 1.12. The van der Waals surface area contributed by atoms with Crippen molar-refractivity contribution in [2.24, 2.45) is 0 Å². The molecule has 3 aromatic rings. The molecule has 2 unspecified atom stereocenters. The number of ether oxygens (including phenoxy) is 1. The quantitative estimate of drug-likeness (QED) is 0.601. The predicted octanol–water partition coefficient (Wildman–Crippen LogP) is 3.50. The summed E-state index contributed by atoms with van der Waals surface area (Å²) in [6.07, 6.45) is 5.06. The Kier molecular flexibility index (Phi) is 6.35. The third kappa shape index (κ3) is 4.66. The topological polar surface area (TPSA) is 58.5 Å². The van der Waals surface area contributed by atoms with Gasteiger partial charge in [-0.05, 0) is 49.1 Å². The van der Waals surface area contributed by atoms with Crippen molar-refractivity contribution in [1.82, 2.24) is 20.3 Å². The minimum Gasteiger partial charge on any atom is -0.497 e. The smallest absolute Gasteiger partial charge is 0.242 e. The number of carbonyl (C=O) groups excluding carboxylic acids is 1. The van der Waals surface area contributed by atoms with Crippen LogP contribution in [-0.4, -0.2) is 42.1 Å². The number of fused-ring (bicyclic) bond motifs is 1. The molecule has 0 saturated carbocycles. The van der Waals surface area contributed by atoms with Crippen LogP contribution in [0.1, 0.15) is 30.9 Å². The fourth-order valence-corrected chi connectivity index (χ4v) is 4.12. The number of hydrogen-bond acceptors (Lipinski definition) is 4. The van der Waals surface area contributed by atoms with E-state index in [0.717, 1.165) is 42.5 Å². The first-order chi connectivity index (χ1) is 14.6. The molecular weight excluding hydrogens is 376 g/mol. The Morgan fingerprint density at radius 3 is 2.80 bits per heavy atom. The molecule has 1 aliphatic heterocycles. The van der Waals surface area contributed by atoms with Crippen molar-refractivity contribution in [3.63, 3.8) is 0 Å². The fourth-order valence-electron chi connectivity index (χ4n) is 4.12. The third-order valence-electron chi connectivity index (χ3n) is 5.94. The van der Waals surface area contributed by atoms with E-state index in [0.29, 0.717) is 18.6 Å². The first kappa shape index (κ1) is 20.4. The van der Waals surface area contributed by atoms with Gasteiger partial charge in [0.15, 0.2) is 0 Å². The number of benzene rings is 2. The summed E-state index contributed by atoms with van der Waals surface area (Å²) in [5.41, 5.74) is 9.17. The van der Waals surface area contributed by atoms with Crippen molar-refractivity contribution in [1.29, 1.82) is 0 Å². The number of methoxy groups -OCH3 is 1. The van der Waals surface area contributed by atoms with Gasteiger partial charge >= 0.3 is 0 Å². The summed E-state index contributed by atoms with van der Waals surface area (Å²) in [6, 6.07) is 19.3. The summed E-state index contributed by atoms with van der Waals surface area (Å²) in [5, 5.41) is 1.08. The van der Waals surface area contributed by atoms with Gasteiger partial charge in [0.1, 0.15) is 12.3 Å².